The molecule has 3 rings (SSSR count). The zero-order chi connectivity index (χ0) is 17.8. The lowest BCUT2D eigenvalue weighted by molar-refractivity contribution is -0.384. The fourth-order valence-corrected chi connectivity index (χ4v) is 2.64. The third-order valence-corrected chi connectivity index (χ3v) is 3.99. The van der Waals surface area contributed by atoms with Gasteiger partial charge in [0.1, 0.15) is 12.4 Å². The van der Waals surface area contributed by atoms with Gasteiger partial charge in [-0.2, -0.15) is 5.10 Å². The second kappa shape index (κ2) is 7.50. The maximum absolute atomic E-state index is 10.9. The summed E-state index contributed by atoms with van der Waals surface area (Å²) in [5.74, 6) is 0.723. The largest absolute Gasteiger partial charge is 0.492 e. The molecule has 0 amide bonds. The molecule has 0 unspecified atom stereocenters. The summed E-state index contributed by atoms with van der Waals surface area (Å²) in [6.45, 7) is 1.67. The van der Waals surface area contributed by atoms with Crippen molar-refractivity contribution in [2.24, 2.45) is 0 Å². The maximum atomic E-state index is 10.9. The number of rotatable bonds is 7. The van der Waals surface area contributed by atoms with Crippen molar-refractivity contribution < 1.29 is 9.66 Å². The topological polar surface area (TPSA) is 73.4 Å². The number of nitro groups is 1. The van der Waals surface area contributed by atoms with E-state index in [1.807, 2.05) is 24.1 Å². The number of halogens is 1. The molecule has 3 aromatic rings. The number of fused-ring (bicyclic) bond motifs is 1. The second-order valence-electron chi connectivity index (χ2n) is 5.67. The van der Waals surface area contributed by atoms with Gasteiger partial charge in [-0.1, -0.05) is 17.7 Å². The van der Waals surface area contributed by atoms with E-state index in [2.05, 4.69) is 5.10 Å². The molecule has 7 nitrogen and oxygen atoms in total. The predicted octanol–water partition coefficient (Wildman–Crippen LogP) is 3.57. The predicted molar refractivity (Wildman–Crippen MR) is 96.0 cm³/mol. The number of hydrogen-bond donors (Lipinski definition) is 0. The van der Waals surface area contributed by atoms with Gasteiger partial charge in [-0.25, -0.2) is 0 Å². The lowest BCUT2D eigenvalue weighted by Gasteiger charge is -2.17. The number of likely N-dealkylation sites (N-methyl/N-ethyl adjacent to an activating group) is 1. The van der Waals surface area contributed by atoms with Crippen molar-refractivity contribution in [3.8, 4) is 5.75 Å². The number of nitrogens with zero attached hydrogens (tertiary/aromatic N) is 4. The Balaban J connectivity index is 1.61. The molecule has 0 radical (unpaired) electrons. The Hall–Kier alpha value is -2.64. The van der Waals surface area contributed by atoms with Crippen LogP contribution in [0.3, 0.4) is 0 Å². The van der Waals surface area contributed by atoms with E-state index in [0.717, 1.165) is 16.7 Å². The molecule has 0 spiro atoms. The van der Waals surface area contributed by atoms with Gasteiger partial charge in [0, 0.05) is 29.1 Å². The molecule has 130 valence electrons. The summed E-state index contributed by atoms with van der Waals surface area (Å²) in [5.41, 5.74) is 0.790. The number of benzene rings is 2. The van der Waals surface area contributed by atoms with Crippen LogP contribution in [0.2, 0.25) is 5.02 Å². The molecule has 0 aliphatic carbocycles. The molecule has 1 heterocycles. The molecule has 0 bridgehead atoms. The highest BCUT2D eigenvalue weighted by molar-refractivity contribution is 6.30. The molecule has 0 aliphatic rings. The summed E-state index contributed by atoms with van der Waals surface area (Å²) in [5, 5.41) is 16.8. The number of aromatic nitrogens is 2. The van der Waals surface area contributed by atoms with Gasteiger partial charge in [0.25, 0.3) is 5.69 Å². The van der Waals surface area contributed by atoms with Gasteiger partial charge in [0.15, 0.2) is 0 Å². The highest BCUT2D eigenvalue weighted by Crippen LogP contribution is 2.21. The van der Waals surface area contributed by atoms with Crippen LogP contribution in [-0.2, 0) is 6.67 Å². The van der Waals surface area contributed by atoms with Gasteiger partial charge in [0.2, 0.25) is 0 Å². The van der Waals surface area contributed by atoms with Gasteiger partial charge >= 0.3 is 0 Å². The summed E-state index contributed by atoms with van der Waals surface area (Å²) in [7, 11) is 1.94. The van der Waals surface area contributed by atoms with Crippen LogP contribution in [-0.4, -0.2) is 39.8 Å². The minimum Gasteiger partial charge on any atom is -0.492 e. The lowest BCUT2D eigenvalue weighted by atomic mass is 10.2. The van der Waals surface area contributed by atoms with Crippen LogP contribution in [0.5, 0.6) is 5.75 Å². The van der Waals surface area contributed by atoms with Crippen molar-refractivity contribution in [2.75, 3.05) is 20.2 Å². The Bertz CT molecular complexity index is 896. The summed E-state index contributed by atoms with van der Waals surface area (Å²) in [6.07, 6.45) is 1.70. The molecule has 0 saturated heterocycles. The average Bonchev–Trinajstić information content (AvgIpc) is 2.97. The summed E-state index contributed by atoms with van der Waals surface area (Å²) >= 11 is 5.92. The Kier molecular flexibility index (Phi) is 5.16. The first-order valence-electron chi connectivity index (χ1n) is 7.70. The van der Waals surface area contributed by atoms with Gasteiger partial charge in [-0.3, -0.25) is 19.7 Å². The van der Waals surface area contributed by atoms with E-state index in [-0.39, 0.29) is 5.69 Å². The number of non-ortho nitro benzene ring substituents is 1. The molecule has 0 fully saturated rings. The summed E-state index contributed by atoms with van der Waals surface area (Å²) in [4.78, 5) is 12.6. The van der Waals surface area contributed by atoms with Crippen LogP contribution in [0.1, 0.15) is 0 Å². The Labute approximate surface area is 149 Å². The van der Waals surface area contributed by atoms with E-state index in [9.17, 15) is 10.1 Å². The summed E-state index contributed by atoms with van der Waals surface area (Å²) < 4.78 is 7.41. The number of hydrogen-bond acceptors (Lipinski definition) is 5. The molecular weight excluding hydrogens is 344 g/mol. The van der Waals surface area contributed by atoms with E-state index in [1.54, 1.807) is 35.1 Å². The first kappa shape index (κ1) is 17.2. The van der Waals surface area contributed by atoms with Crippen molar-refractivity contribution in [1.29, 1.82) is 0 Å². The van der Waals surface area contributed by atoms with Gasteiger partial charge in [-0.05, 0) is 31.3 Å². The maximum Gasteiger partial charge on any atom is 0.271 e. The zero-order valence-corrected chi connectivity index (χ0v) is 14.4. The van der Waals surface area contributed by atoms with Crippen molar-refractivity contribution in [2.45, 2.75) is 6.67 Å². The third-order valence-electron chi connectivity index (χ3n) is 3.75. The second-order valence-corrected chi connectivity index (χ2v) is 6.11. The molecule has 0 atom stereocenters. The Morgan fingerprint density at radius 2 is 2.16 bits per heavy atom. The molecule has 1 aromatic heterocycles. The molecule has 0 saturated carbocycles. The quantitative estimate of drug-likeness (QED) is 0.475. The first-order valence-corrected chi connectivity index (χ1v) is 8.07. The number of nitro benzene ring substituents is 1. The van der Waals surface area contributed by atoms with Crippen LogP contribution < -0.4 is 4.74 Å². The standard InChI is InChI=1S/C17H17ClN4O3/c1-20(7-8-25-16-4-2-3-14(18)9-16)12-21-17-10-15(22(23)24)6-5-13(17)11-19-21/h2-6,9-11H,7-8,12H2,1H3. The monoisotopic (exact) mass is 360 g/mol. The molecule has 25 heavy (non-hydrogen) atoms. The van der Waals surface area contributed by atoms with Gasteiger partial charge < -0.3 is 4.74 Å². The fourth-order valence-electron chi connectivity index (χ4n) is 2.46. The van der Waals surface area contributed by atoms with Crippen LogP contribution in [0, 0.1) is 10.1 Å². The zero-order valence-electron chi connectivity index (χ0n) is 13.6. The van der Waals surface area contributed by atoms with Crippen molar-refractivity contribution >= 4 is 28.2 Å². The Morgan fingerprint density at radius 3 is 2.92 bits per heavy atom. The van der Waals surface area contributed by atoms with E-state index >= 15 is 0 Å². The van der Waals surface area contributed by atoms with E-state index in [4.69, 9.17) is 16.3 Å². The molecular formula is C17H17ClN4O3. The highest BCUT2D eigenvalue weighted by Gasteiger charge is 2.11. The lowest BCUT2D eigenvalue weighted by Crippen LogP contribution is -2.27. The Morgan fingerprint density at radius 1 is 1.32 bits per heavy atom. The minimum atomic E-state index is -0.403. The van der Waals surface area contributed by atoms with Crippen LogP contribution >= 0.6 is 11.6 Å². The molecule has 8 heteroatoms. The van der Waals surface area contributed by atoms with Crippen molar-refractivity contribution in [3.63, 3.8) is 0 Å². The van der Waals surface area contributed by atoms with Crippen LogP contribution in [0.4, 0.5) is 5.69 Å². The van der Waals surface area contributed by atoms with Crippen LogP contribution in [0.25, 0.3) is 10.9 Å². The van der Waals surface area contributed by atoms with Crippen molar-refractivity contribution in [3.05, 3.63) is 63.8 Å². The molecule has 2 aromatic carbocycles. The first-order chi connectivity index (χ1) is 12.0. The van der Waals surface area contributed by atoms with Gasteiger partial charge in [-0.15, -0.1) is 0 Å². The van der Waals surface area contributed by atoms with E-state index in [0.29, 0.717) is 24.8 Å². The fraction of sp³-hybridized carbons (Fsp3) is 0.235. The van der Waals surface area contributed by atoms with Gasteiger partial charge in [0.05, 0.1) is 23.3 Å². The van der Waals surface area contributed by atoms with E-state index in [1.165, 1.54) is 6.07 Å². The number of ether oxygens (including phenoxy) is 1. The smallest absolute Gasteiger partial charge is 0.271 e. The minimum absolute atomic E-state index is 0.0567. The van der Waals surface area contributed by atoms with Crippen LogP contribution in [0.15, 0.2) is 48.7 Å². The molecule has 0 aliphatic heterocycles. The molecule has 0 N–H and O–H groups in total. The normalized spacial score (nSPS) is 11.2. The SMILES string of the molecule is CN(CCOc1cccc(Cl)c1)Cn1ncc2ccc([N+](=O)[O-])cc21. The third kappa shape index (κ3) is 4.26. The highest BCUT2D eigenvalue weighted by atomic mass is 35.5. The summed E-state index contributed by atoms with van der Waals surface area (Å²) in [6, 6.07) is 12.0. The van der Waals surface area contributed by atoms with E-state index < -0.39 is 4.92 Å². The average molecular weight is 361 g/mol. The van der Waals surface area contributed by atoms with Crippen molar-refractivity contribution in [1.82, 2.24) is 14.7 Å².